The molecule has 0 saturated carbocycles. The highest BCUT2D eigenvalue weighted by molar-refractivity contribution is 6.30. The summed E-state index contributed by atoms with van der Waals surface area (Å²) in [5, 5.41) is 12.6. The summed E-state index contributed by atoms with van der Waals surface area (Å²) in [4.78, 5) is 14.7. The van der Waals surface area contributed by atoms with Gasteiger partial charge >= 0.3 is 0 Å². The number of carbonyl (C=O) groups is 1. The number of amides is 1. The molecule has 1 fully saturated rings. The molecule has 0 radical (unpaired) electrons. The van der Waals surface area contributed by atoms with Gasteiger partial charge in [-0.05, 0) is 37.1 Å². The second kappa shape index (κ2) is 10.7. The Hall–Kier alpha value is -2.68. The number of hydrogen-bond donors (Lipinski definition) is 1. The third kappa shape index (κ3) is 5.51. The summed E-state index contributed by atoms with van der Waals surface area (Å²) in [6.45, 7) is 5.28. The number of hydrogen-bond acceptors (Lipinski definition) is 6. The predicted molar refractivity (Wildman–Crippen MR) is 128 cm³/mol. The highest BCUT2D eigenvalue weighted by Crippen LogP contribution is 2.25. The molecule has 0 aliphatic carbocycles. The van der Waals surface area contributed by atoms with E-state index in [4.69, 9.17) is 20.8 Å². The van der Waals surface area contributed by atoms with Gasteiger partial charge in [0.1, 0.15) is 23.2 Å². The minimum Gasteiger partial charge on any atom is -0.460 e. The molecule has 0 spiro atoms. The summed E-state index contributed by atoms with van der Waals surface area (Å²) in [7, 11) is 0. The molecule has 4 heterocycles. The maximum Gasteiger partial charge on any atom is 0.223 e. The van der Waals surface area contributed by atoms with Gasteiger partial charge in [-0.15, -0.1) is 10.2 Å². The average molecular weight is 484 g/mol. The lowest BCUT2D eigenvalue weighted by Gasteiger charge is -2.21. The third-order valence-electron chi connectivity index (χ3n) is 6.59. The van der Waals surface area contributed by atoms with Crippen LogP contribution in [0.1, 0.15) is 30.3 Å². The molecule has 8 nitrogen and oxygen atoms in total. The smallest absolute Gasteiger partial charge is 0.223 e. The van der Waals surface area contributed by atoms with Crippen molar-refractivity contribution in [3.05, 3.63) is 58.8 Å². The minimum atomic E-state index is 0.0683. The van der Waals surface area contributed by atoms with Gasteiger partial charge in [-0.2, -0.15) is 0 Å². The van der Waals surface area contributed by atoms with Crippen LogP contribution >= 0.6 is 11.6 Å². The molecular formula is C25H30ClN5O3. The summed E-state index contributed by atoms with van der Waals surface area (Å²) < 4.78 is 13.6. The van der Waals surface area contributed by atoms with Crippen molar-refractivity contribution in [2.24, 2.45) is 5.92 Å². The fourth-order valence-electron chi connectivity index (χ4n) is 4.65. The molecule has 0 atom stereocenters. The number of nitrogens with one attached hydrogen (secondary N) is 1. The van der Waals surface area contributed by atoms with Crippen LogP contribution in [0, 0.1) is 5.92 Å². The lowest BCUT2D eigenvalue weighted by atomic mass is 9.99. The van der Waals surface area contributed by atoms with Gasteiger partial charge in [0.05, 0.1) is 6.54 Å². The molecule has 2 aromatic heterocycles. The second-order valence-electron chi connectivity index (χ2n) is 8.91. The van der Waals surface area contributed by atoms with Crippen LogP contribution in [-0.4, -0.2) is 58.4 Å². The van der Waals surface area contributed by atoms with Gasteiger partial charge in [-0.1, -0.05) is 23.7 Å². The summed E-state index contributed by atoms with van der Waals surface area (Å²) in [5.41, 5.74) is 0.981. The monoisotopic (exact) mass is 483 g/mol. The number of halogens is 1. The molecule has 1 amide bonds. The third-order valence-corrected chi connectivity index (χ3v) is 6.82. The number of carbonyl (C=O) groups excluding carboxylic acids is 1. The Kier molecular flexibility index (Phi) is 7.27. The van der Waals surface area contributed by atoms with Crippen molar-refractivity contribution in [3.8, 4) is 11.3 Å². The molecule has 5 rings (SSSR count). The predicted octanol–water partition coefficient (Wildman–Crippen LogP) is 3.34. The summed E-state index contributed by atoms with van der Waals surface area (Å²) >= 11 is 6.12. The molecule has 2 aliphatic rings. The normalized spacial score (nSPS) is 17.3. The van der Waals surface area contributed by atoms with Crippen LogP contribution in [0.25, 0.3) is 11.3 Å². The molecule has 1 saturated heterocycles. The first-order valence-electron chi connectivity index (χ1n) is 12.0. The number of fused-ring (bicyclic) bond motifs is 1. The van der Waals surface area contributed by atoms with Gasteiger partial charge in [0.15, 0.2) is 0 Å². The zero-order chi connectivity index (χ0) is 23.3. The van der Waals surface area contributed by atoms with Crippen molar-refractivity contribution < 1.29 is 13.9 Å². The molecule has 2 aliphatic heterocycles. The Morgan fingerprint density at radius 2 is 2.00 bits per heavy atom. The summed E-state index contributed by atoms with van der Waals surface area (Å²) in [6.07, 6.45) is 3.13. The van der Waals surface area contributed by atoms with Gasteiger partial charge in [-0.3, -0.25) is 9.69 Å². The van der Waals surface area contributed by atoms with Crippen LogP contribution in [0.3, 0.4) is 0 Å². The maximum atomic E-state index is 12.4. The van der Waals surface area contributed by atoms with Gasteiger partial charge in [-0.25, -0.2) is 0 Å². The Labute approximate surface area is 204 Å². The molecule has 9 heteroatoms. The Morgan fingerprint density at radius 3 is 2.85 bits per heavy atom. The minimum absolute atomic E-state index is 0.0683. The van der Waals surface area contributed by atoms with Crippen LogP contribution in [0.15, 0.2) is 40.8 Å². The lowest BCUT2D eigenvalue weighted by Crippen LogP contribution is -2.35. The van der Waals surface area contributed by atoms with Crippen LogP contribution in [0.5, 0.6) is 0 Å². The van der Waals surface area contributed by atoms with E-state index in [2.05, 4.69) is 25.0 Å². The molecular weight excluding hydrogens is 454 g/mol. The highest BCUT2D eigenvalue weighted by Gasteiger charge is 2.22. The molecule has 3 aromatic rings. The first-order valence-corrected chi connectivity index (χ1v) is 12.4. The molecule has 0 bridgehead atoms. The van der Waals surface area contributed by atoms with Crippen molar-refractivity contribution in [1.82, 2.24) is 25.0 Å². The Balaban J connectivity index is 1.13. The van der Waals surface area contributed by atoms with Crippen molar-refractivity contribution in [3.63, 3.8) is 0 Å². The van der Waals surface area contributed by atoms with E-state index < -0.39 is 0 Å². The topological polar surface area (TPSA) is 85.4 Å². The van der Waals surface area contributed by atoms with E-state index in [1.54, 1.807) is 0 Å². The first kappa shape index (κ1) is 23.1. The number of ether oxygens (including phenoxy) is 1. The molecule has 1 N–H and O–H groups in total. The van der Waals surface area contributed by atoms with E-state index in [-0.39, 0.29) is 11.8 Å². The summed E-state index contributed by atoms with van der Waals surface area (Å²) in [6, 6.07) is 11.7. The zero-order valence-corrected chi connectivity index (χ0v) is 20.0. The Morgan fingerprint density at radius 1 is 1.12 bits per heavy atom. The number of benzene rings is 1. The first-order chi connectivity index (χ1) is 16.7. The van der Waals surface area contributed by atoms with E-state index in [1.807, 2.05) is 36.4 Å². The van der Waals surface area contributed by atoms with E-state index in [9.17, 15) is 4.79 Å². The number of aromatic nitrogens is 3. The highest BCUT2D eigenvalue weighted by atomic mass is 35.5. The van der Waals surface area contributed by atoms with E-state index in [0.29, 0.717) is 31.2 Å². The quantitative estimate of drug-likeness (QED) is 0.554. The largest absolute Gasteiger partial charge is 0.460 e. The zero-order valence-electron chi connectivity index (χ0n) is 19.2. The molecule has 1 aromatic carbocycles. The SMILES string of the molecule is O=C(NCCc1nnc2n1CCN(Cc1ccc(-c3cccc(Cl)c3)o1)CC2)C1CCOCC1. The van der Waals surface area contributed by atoms with Crippen molar-refractivity contribution in [1.29, 1.82) is 0 Å². The molecule has 0 unspecified atom stereocenters. The Bertz CT molecular complexity index is 1120. The van der Waals surface area contributed by atoms with Gasteiger partial charge in [0.2, 0.25) is 5.91 Å². The number of furan rings is 1. The van der Waals surface area contributed by atoms with Crippen molar-refractivity contribution in [2.75, 3.05) is 32.8 Å². The maximum absolute atomic E-state index is 12.4. The van der Waals surface area contributed by atoms with Crippen LogP contribution in [0.2, 0.25) is 5.02 Å². The van der Waals surface area contributed by atoms with Crippen LogP contribution < -0.4 is 5.32 Å². The number of rotatable bonds is 7. The second-order valence-corrected chi connectivity index (χ2v) is 9.35. The molecule has 34 heavy (non-hydrogen) atoms. The lowest BCUT2D eigenvalue weighted by molar-refractivity contribution is -0.127. The van der Waals surface area contributed by atoms with E-state index in [1.165, 1.54) is 0 Å². The average Bonchev–Trinajstić information content (AvgIpc) is 3.43. The van der Waals surface area contributed by atoms with Crippen LogP contribution in [0.4, 0.5) is 0 Å². The van der Waals surface area contributed by atoms with E-state index >= 15 is 0 Å². The molecule has 180 valence electrons. The van der Waals surface area contributed by atoms with Crippen LogP contribution in [-0.2, 0) is 35.5 Å². The van der Waals surface area contributed by atoms with E-state index in [0.717, 1.165) is 74.2 Å². The van der Waals surface area contributed by atoms with Crippen molar-refractivity contribution >= 4 is 17.5 Å². The van der Waals surface area contributed by atoms with Crippen molar-refractivity contribution in [2.45, 2.75) is 38.8 Å². The number of nitrogens with zero attached hydrogens (tertiary/aromatic N) is 4. The van der Waals surface area contributed by atoms with Gasteiger partial charge < -0.3 is 19.0 Å². The van der Waals surface area contributed by atoms with Gasteiger partial charge in [0.25, 0.3) is 0 Å². The fraction of sp³-hybridized carbons (Fsp3) is 0.480. The fourth-order valence-corrected chi connectivity index (χ4v) is 4.84. The van der Waals surface area contributed by atoms with Gasteiger partial charge in [0, 0.05) is 68.7 Å². The summed E-state index contributed by atoms with van der Waals surface area (Å²) in [5.74, 6) is 3.90. The standard InChI is InChI=1S/C25H30ClN5O3/c26-20-3-1-2-19(16-20)22-5-4-21(34-22)17-30-11-7-24-29-28-23(31(24)13-12-30)6-10-27-25(32)18-8-14-33-15-9-18/h1-5,16,18H,6-15,17H2,(H,27,32).